The van der Waals surface area contributed by atoms with Crippen molar-refractivity contribution in [2.24, 2.45) is 16.2 Å². The summed E-state index contributed by atoms with van der Waals surface area (Å²) in [7, 11) is 0. The molecule has 1 aliphatic heterocycles. The summed E-state index contributed by atoms with van der Waals surface area (Å²) in [6.07, 6.45) is 3.08. The Morgan fingerprint density at radius 3 is 2.86 bits per heavy atom. The maximum absolute atomic E-state index is 5.05. The Kier molecular flexibility index (Phi) is 0.910. The third kappa shape index (κ3) is 0.866. The zero-order chi connectivity index (χ0) is 5.11. The van der Waals surface area contributed by atoms with Crippen molar-refractivity contribution < 1.29 is 0 Å². The first-order chi connectivity index (χ1) is 3.39. The smallest absolute Gasteiger partial charge is 0.0691 e. The van der Waals surface area contributed by atoms with Crippen LogP contribution in [-0.2, 0) is 0 Å². The van der Waals surface area contributed by atoms with Gasteiger partial charge in [0.2, 0.25) is 0 Å². The van der Waals surface area contributed by atoms with Crippen molar-refractivity contribution in [2.45, 2.75) is 0 Å². The number of nitrogens with two attached hydrogens (primary N) is 1. The first kappa shape index (κ1) is 4.07. The van der Waals surface area contributed by atoms with Crippen LogP contribution in [0.25, 0.3) is 0 Å². The Bertz CT molecular complexity index is 105. The van der Waals surface area contributed by atoms with Crippen LogP contribution in [0.2, 0.25) is 0 Å². The van der Waals surface area contributed by atoms with E-state index in [0.717, 1.165) is 5.23 Å². The van der Waals surface area contributed by atoms with Gasteiger partial charge >= 0.3 is 0 Å². The van der Waals surface area contributed by atoms with E-state index in [-0.39, 0.29) is 0 Å². The van der Waals surface area contributed by atoms with E-state index < -0.39 is 0 Å². The highest BCUT2D eigenvalue weighted by molar-refractivity contribution is 4.74. The van der Waals surface area contributed by atoms with Crippen LogP contribution >= 0.6 is 0 Å². The average molecular weight is 99.1 g/mol. The molecule has 0 spiro atoms. The lowest BCUT2D eigenvalue weighted by Gasteiger charge is -2.09. The molecular weight excluding hydrogens is 94.1 g/mol. The van der Waals surface area contributed by atoms with E-state index in [0.29, 0.717) is 0 Å². The fourth-order valence-corrected chi connectivity index (χ4v) is 0.254. The molecule has 38 valence electrons. The Morgan fingerprint density at radius 1 is 1.71 bits per heavy atom. The van der Waals surface area contributed by atoms with Gasteiger partial charge in [0.25, 0.3) is 0 Å². The minimum atomic E-state index is 1.01. The van der Waals surface area contributed by atoms with E-state index in [4.69, 9.17) is 5.84 Å². The molecule has 0 saturated heterocycles. The summed E-state index contributed by atoms with van der Waals surface area (Å²) in [4.78, 5) is 0. The summed E-state index contributed by atoms with van der Waals surface area (Å²) in [5.41, 5.74) is 2.55. The molecule has 5 nitrogen and oxygen atoms in total. The number of hydrogen-bond acceptors (Lipinski definition) is 5. The molecule has 0 unspecified atom stereocenters. The normalized spacial score (nSPS) is 17.0. The standard InChI is InChI=1S/C2H5N5/c3-7-5-2-1-4-6-7/h1-2,5H,3H2. The van der Waals surface area contributed by atoms with E-state index in [1.165, 1.54) is 6.20 Å². The van der Waals surface area contributed by atoms with E-state index >= 15 is 0 Å². The van der Waals surface area contributed by atoms with Gasteiger partial charge in [0.1, 0.15) is 0 Å². The first-order valence-electron chi connectivity index (χ1n) is 1.76. The lowest BCUT2D eigenvalue weighted by molar-refractivity contribution is 0.214. The molecule has 0 bridgehead atoms. The van der Waals surface area contributed by atoms with Crippen LogP contribution in [0.5, 0.6) is 0 Å². The van der Waals surface area contributed by atoms with Crippen molar-refractivity contribution in [3.8, 4) is 0 Å². The third-order valence-electron chi connectivity index (χ3n) is 0.496. The van der Waals surface area contributed by atoms with Gasteiger partial charge in [-0.05, 0) is 5.22 Å². The molecule has 1 aliphatic rings. The minimum absolute atomic E-state index is 1.01. The zero-order valence-electron chi connectivity index (χ0n) is 3.57. The van der Waals surface area contributed by atoms with Gasteiger partial charge in [0, 0.05) is 6.20 Å². The summed E-state index contributed by atoms with van der Waals surface area (Å²) in [6, 6.07) is 0. The highest BCUT2D eigenvalue weighted by Gasteiger charge is 1.86. The van der Waals surface area contributed by atoms with Crippen LogP contribution in [0.1, 0.15) is 0 Å². The second-order valence-electron chi connectivity index (χ2n) is 0.994. The van der Waals surface area contributed by atoms with Crippen LogP contribution in [0, 0.1) is 0 Å². The van der Waals surface area contributed by atoms with Gasteiger partial charge in [-0.2, -0.15) is 0 Å². The fourth-order valence-electron chi connectivity index (χ4n) is 0.254. The summed E-state index contributed by atoms with van der Waals surface area (Å²) >= 11 is 0. The Balaban J connectivity index is 2.49. The highest BCUT2D eigenvalue weighted by atomic mass is 15.9. The molecule has 0 saturated carbocycles. The topological polar surface area (TPSA) is 66.0 Å². The van der Waals surface area contributed by atoms with Gasteiger partial charge in [-0.1, -0.05) is 0 Å². The maximum Gasteiger partial charge on any atom is 0.0691 e. The molecule has 0 amide bonds. The fraction of sp³-hybridized carbons (Fsp3) is 0. The van der Waals surface area contributed by atoms with E-state index in [1.54, 1.807) is 6.20 Å². The van der Waals surface area contributed by atoms with Crippen LogP contribution in [0.15, 0.2) is 22.7 Å². The first-order valence-corrected chi connectivity index (χ1v) is 1.76. The largest absolute Gasteiger partial charge is 0.272 e. The van der Waals surface area contributed by atoms with Crippen LogP contribution in [0.3, 0.4) is 0 Å². The van der Waals surface area contributed by atoms with Crippen molar-refractivity contribution in [3.63, 3.8) is 0 Å². The summed E-state index contributed by atoms with van der Waals surface area (Å²) < 4.78 is 0. The van der Waals surface area contributed by atoms with Crippen LogP contribution in [0.4, 0.5) is 0 Å². The number of hydrazine groups is 2. The molecule has 0 aliphatic carbocycles. The second kappa shape index (κ2) is 1.57. The molecule has 0 aromatic carbocycles. The van der Waals surface area contributed by atoms with Crippen molar-refractivity contribution in [1.29, 1.82) is 0 Å². The lowest BCUT2D eigenvalue weighted by Crippen LogP contribution is -2.36. The second-order valence-corrected chi connectivity index (χ2v) is 0.994. The molecular formula is C2H5N5. The molecule has 0 aromatic rings. The zero-order valence-corrected chi connectivity index (χ0v) is 3.57. The van der Waals surface area contributed by atoms with E-state index in [2.05, 4.69) is 15.8 Å². The maximum atomic E-state index is 5.05. The van der Waals surface area contributed by atoms with E-state index in [1.807, 2.05) is 0 Å². The highest BCUT2D eigenvalue weighted by Crippen LogP contribution is 1.83. The van der Waals surface area contributed by atoms with Crippen molar-refractivity contribution in [3.05, 3.63) is 12.4 Å². The summed E-state index contributed by atoms with van der Waals surface area (Å²) in [5, 5.41) is 7.82. The predicted molar refractivity (Wildman–Crippen MR) is 23.2 cm³/mol. The van der Waals surface area contributed by atoms with Gasteiger partial charge in [-0.25, -0.2) is 5.84 Å². The van der Waals surface area contributed by atoms with Gasteiger partial charge in [0.05, 0.1) is 6.20 Å². The molecule has 0 radical (unpaired) electrons. The van der Waals surface area contributed by atoms with Gasteiger partial charge < -0.3 is 0 Å². The summed E-state index contributed by atoms with van der Waals surface area (Å²) in [6.45, 7) is 0. The molecule has 1 rings (SSSR count). The average Bonchev–Trinajstić information content (AvgIpc) is 1.69. The molecule has 7 heavy (non-hydrogen) atoms. The molecule has 0 fully saturated rings. The van der Waals surface area contributed by atoms with Crippen molar-refractivity contribution in [1.82, 2.24) is 10.7 Å². The quantitative estimate of drug-likeness (QED) is 0.403. The lowest BCUT2D eigenvalue weighted by atomic mass is 10.9. The van der Waals surface area contributed by atoms with Gasteiger partial charge in [0.15, 0.2) is 0 Å². The monoisotopic (exact) mass is 99.1 g/mol. The van der Waals surface area contributed by atoms with Gasteiger partial charge in [-0.15, -0.1) is 10.3 Å². The number of rotatable bonds is 0. The molecule has 1 heterocycles. The Labute approximate surface area is 40.4 Å². The summed E-state index contributed by atoms with van der Waals surface area (Å²) in [5.74, 6) is 5.05. The van der Waals surface area contributed by atoms with Crippen LogP contribution in [-0.4, -0.2) is 5.23 Å². The van der Waals surface area contributed by atoms with Crippen molar-refractivity contribution in [2.75, 3.05) is 0 Å². The molecule has 0 atom stereocenters. The predicted octanol–water partition coefficient (Wildman–Crippen LogP) is -0.481. The molecule has 3 N–H and O–H groups in total. The SMILES string of the molecule is NN1N=NC=CN1. The molecule has 0 aromatic heterocycles. The molecule has 5 heteroatoms. The van der Waals surface area contributed by atoms with E-state index in [9.17, 15) is 0 Å². The minimum Gasteiger partial charge on any atom is -0.272 e. The number of nitrogens with zero attached hydrogens (tertiary/aromatic N) is 3. The van der Waals surface area contributed by atoms with Crippen molar-refractivity contribution >= 4 is 0 Å². The Morgan fingerprint density at radius 2 is 2.57 bits per heavy atom. The van der Waals surface area contributed by atoms with Gasteiger partial charge in [-0.3, -0.25) is 5.43 Å². The van der Waals surface area contributed by atoms with Crippen LogP contribution < -0.4 is 11.3 Å². The third-order valence-corrected chi connectivity index (χ3v) is 0.496. The Hall–Kier alpha value is -1.10. The number of hydrogen-bond donors (Lipinski definition) is 2. The number of nitrogens with one attached hydrogen (secondary N) is 1.